The summed E-state index contributed by atoms with van der Waals surface area (Å²) in [5, 5.41) is 13.2. The zero-order valence-corrected chi connectivity index (χ0v) is 14.8. The van der Waals surface area contributed by atoms with E-state index in [1.807, 2.05) is 6.07 Å². The van der Waals surface area contributed by atoms with E-state index in [0.717, 1.165) is 5.69 Å². The number of carbonyl (C=O) groups is 1. The van der Waals surface area contributed by atoms with Crippen molar-refractivity contribution >= 4 is 6.09 Å². The van der Waals surface area contributed by atoms with Crippen LogP contribution in [0.15, 0.2) is 36.5 Å². The van der Waals surface area contributed by atoms with E-state index in [1.165, 1.54) is 17.0 Å². The minimum atomic E-state index is -4.81. The standard InChI is InChI=1S/C18H19F4N3O3/c19-13-1-3-14(4-2-13)25-10-7-15(23-25)12-5-8-24(9-6-12)17(27)28-16(11-26)18(20,21)22/h1-4,7,10,12,16,26H,5-6,8-9,11H2. The molecule has 6 nitrogen and oxygen atoms in total. The van der Waals surface area contributed by atoms with Gasteiger partial charge in [0.05, 0.1) is 18.0 Å². The predicted molar refractivity (Wildman–Crippen MR) is 90.5 cm³/mol. The van der Waals surface area contributed by atoms with Crippen LogP contribution in [0.1, 0.15) is 24.5 Å². The maximum Gasteiger partial charge on any atom is 0.427 e. The van der Waals surface area contributed by atoms with Gasteiger partial charge in [-0.15, -0.1) is 0 Å². The molecule has 1 aliphatic rings. The fourth-order valence-electron chi connectivity index (χ4n) is 3.06. The molecule has 1 saturated heterocycles. The summed E-state index contributed by atoms with van der Waals surface area (Å²) in [5.74, 6) is -0.300. The highest BCUT2D eigenvalue weighted by Crippen LogP contribution is 2.29. The van der Waals surface area contributed by atoms with Gasteiger partial charge in [-0.05, 0) is 43.2 Å². The Morgan fingerprint density at radius 1 is 1.21 bits per heavy atom. The van der Waals surface area contributed by atoms with Crippen LogP contribution in [0.5, 0.6) is 0 Å². The van der Waals surface area contributed by atoms with Crippen LogP contribution in [0.3, 0.4) is 0 Å². The number of halogens is 4. The first kappa shape index (κ1) is 20.1. The van der Waals surface area contributed by atoms with Gasteiger partial charge in [0.1, 0.15) is 5.82 Å². The molecule has 1 atom stereocenters. The van der Waals surface area contributed by atoms with Crippen molar-refractivity contribution in [3.8, 4) is 5.69 Å². The molecule has 1 aromatic carbocycles. The number of aliphatic hydroxyl groups excluding tert-OH is 1. The molecule has 1 unspecified atom stereocenters. The molecule has 0 spiro atoms. The van der Waals surface area contributed by atoms with Crippen LogP contribution in [0, 0.1) is 5.82 Å². The van der Waals surface area contributed by atoms with Gasteiger partial charge in [-0.25, -0.2) is 13.9 Å². The molecular weight excluding hydrogens is 382 g/mol. The zero-order valence-electron chi connectivity index (χ0n) is 14.8. The number of rotatable bonds is 4. The Bertz CT molecular complexity index is 799. The maximum atomic E-state index is 13.0. The van der Waals surface area contributed by atoms with Crippen LogP contribution >= 0.6 is 0 Å². The van der Waals surface area contributed by atoms with E-state index in [0.29, 0.717) is 18.5 Å². The molecule has 1 N–H and O–H groups in total. The number of carbonyl (C=O) groups excluding carboxylic acids is 1. The molecule has 1 aliphatic heterocycles. The lowest BCUT2D eigenvalue weighted by atomic mass is 9.94. The monoisotopic (exact) mass is 401 g/mol. The number of alkyl halides is 3. The van der Waals surface area contributed by atoms with Crippen molar-refractivity contribution in [3.63, 3.8) is 0 Å². The Hall–Kier alpha value is -2.62. The summed E-state index contributed by atoms with van der Waals surface area (Å²) in [6.07, 6.45) is -5.64. The number of aliphatic hydroxyl groups is 1. The maximum absolute atomic E-state index is 13.0. The molecule has 1 fully saturated rings. The van der Waals surface area contributed by atoms with Gasteiger partial charge in [0.2, 0.25) is 6.10 Å². The van der Waals surface area contributed by atoms with Gasteiger partial charge >= 0.3 is 12.3 Å². The summed E-state index contributed by atoms with van der Waals surface area (Å²) in [6, 6.07) is 7.70. The van der Waals surface area contributed by atoms with Crippen molar-refractivity contribution in [1.29, 1.82) is 0 Å². The summed E-state index contributed by atoms with van der Waals surface area (Å²) in [4.78, 5) is 13.1. The topological polar surface area (TPSA) is 67.6 Å². The van der Waals surface area contributed by atoms with Gasteiger partial charge in [0, 0.05) is 25.2 Å². The van der Waals surface area contributed by atoms with Gasteiger partial charge in [-0.1, -0.05) is 0 Å². The molecular formula is C18H19F4N3O3. The van der Waals surface area contributed by atoms with Crippen LogP contribution in [0.25, 0.3) is 5.69 Å². The van der Waals surface area contributed by atoms with E-state index in [2.05, 4.69) is 9.84 Å². The Kier molecular flexibility index (Phi) is 5.87. The Balaban J connectivity index is 1.57. The van der Waals surface area contributed by atoms with E-state index >= 15 is 0 Å². The first-order chi connectivity index (χ1) is 13.3. The molecule has 28 heavy (non-hydrogen) atoms. The average molecular weight is 401 g/mol. The highest BCUT2D eigenvalue weighted by Gasteiger charge is 2.43. The summed E-state index contributed by atoms with van der Waals surface area (Å²) >= 11 is 0. The van der Waals surface area contributed by atoms with Crippen LogP contribution < -0.4 is 0 Å². The molecule has 0 aliphatic carbocycles. The second-order valence-electron chi connectivity index (χ2n) is 6.52. The van der Waals surface area contributed by atoms with Crippen LogP contribution in [0.4, 0.5) is 22.4 Å². The average Bonchev–Trinajstić information content (AvgIpc) is 3.16. The number of piperidine rings is 1. The number of hydrogen-bond acceptors (Lipinski definition) is 4. The minimum Gasteiger partial charge on any atom is -0.434 e. The summed E-state index contributed by atoms with van der Waals surface area (Å²) in [6.45, 7) is -0.863. The fourth-order valence-corrected chi connectivity index (χ4v) is 3.06. The lowest BCUT2D eigenvalue weighted by Crippen LogP contribution is -2.44. The molecule has 2 aromatic rings. The molecule has 0 bridgehead atoms. The van der Waals surface area contributed by atoms with Crippen LogP contribution in [-0.2, 0) is 4.74 Å². The van der Waals surface area contributed by atoms with E-state index in [-0.39, 0.29) is 24.8 Å². The number of nitrogens with zero attached hydrogens (tertiary/aromatic N) is 3. The van der Waals surface area contributed by atoms with E-state index in [4.69, 9.17) is 5.11 Å². The lowest BCUT2D eigenvalue weighted by Gasteiger charge is -2.31. The molecule has 1 aromatic heterocycles. The number of amides is 1. The molecule has 3 rings (SSSR count). The minimum absolute atomic E-state index is 0.0435. The van der Waals surface area contributed by atoms with Gasteiger partial charge in [0.15, 0.2) is 0 Å². The molecule has 0 radical (unpaired) electrons. The first-order valence-corrected chi connectivity index (χ1v) is 8.72. The molecule has 152 valence electrons. The van der Waals surface area contributed by atoms with Crippen LogP contribution in [-0.4, -0.2) is 57.9 Å². The largest absolute Gasteiger partial charge is 0.434 e. The quantitative estimate of drug-likeness (QED) is 0.799. The number of ether oxygens (including phenoxy) is 1. The number of likely N-dealkylation sites (tertiary alicyclic amines) is 1. The predicted octanol–water partition coefficient (Wildman–Crippen LogP) is 3.25. The van der Waals surface area contributed by atoms with Gasteiger partial charge in [0.25, 0.3) is 0 Å². The van der Waals surface area contributed by atoms with Crippen molar-refractivity contribution < 1.29 is 32.2 Å². The summed E-state index contributed by atoms with van der Waals surface area (Å²) in [5.41, 5.74) is 1.50. The van der Waals surface area contributed by atoms with Crippen molar-refractivity contribution in [3.05, 3.63) is 48.0 Å². The second-order valence-corrected chi connectivity index (χ2v) is 6.52. The van der Waals surface area contributed by atoms with E-state index in [1.54, 1.807) is 23.0 Å². The zero-order chi connectivity index (χ0) is 20.3. The van der Waals surface area contributed by atoms with Crippen LogP contribution in [0.2, 0.25) is 0 Å². The van der Waals surface area contributed by atoms with Gasteiger partial charge < -0.3 is 14.7 Å². The Labute approximate surface area is 158 Å². The van der Waals surface area contributed by atoms with Gasteiger partial charge in [-0.2, -0.15) is 18.3 Å². The molecule has 2 heterocycles. The van der Waals surface area contributed by atoms with E-state index in [9.17, 15) is 22.4 Å². The third-order valence-electron chi connectivity index (χ3n) is 4.65. The third kappa shape index (κ3) is 4.61. The molecule has 0 saturated carbocycles. The highest BCUT2D eigenvalue weighted by molar-refractivity contribution is 5.68. The Morgan fingerprint density at radius 3 is 2.43 bits per heavy atom. The number of benzene rings is 1. The van der Waals surface area contributed by atoms with Gasteiger partial charge in [-0.3, -0.25) is 0 Å². The second kappa shape index (κ2) is 8.17. The summed E-state index contributed by atoms with van der Waals surface area (Å²) < 4.78 is 56.8. The van der Waals surface area contributed by atoms with Crippen molar-refractivity contribution in [2.75, 3.05) is 19.7 Å². The molecule has 1 amide bonds. The molecule has 10 heteroatoms. The highest BCUT2D eigenvalue weighted by atomic mass is 19.4. The third-order valence-corrected chi connectivity index (χ3v) is 4.65. The Morgan fingerprint density at radius 2 is 1.86 bits per heavy atom. The fraction of sp³-hybridized carbons (Fsp3) is 0.444. The van der Waals surface area contributed by atoms with Crippen molar-refractivity contribution in [2.24, 2.45) is 0 Å². The first-order valence-electron chi connectivity index (χ1n) is 8.72. The summed E-state index contributed by atoms with van der Waals surface area (Å²) in [7, 11) is 0. The number of hydrogen-bond donors (Lipinski definition) is 1. The number of aromatic nitrogens is 2. The normalized spacial score (nSPS) is 16.8. The van der Waals surface area contributed by atoms with Crippen molar-refractivity contribution in [2.45, 2.75) is 31.0 Å². The van der Waals surface area contributed by atoms with E-state index < -0.39 is 25.0 Å². The van der Waals surface area contributed by atoms with Crippen molar-refractivity contribution in [1.82, 2.24) is 14.7 Å². The SMILES string of the molecule is O=C(OC(CO)C(F)(F)F)N1CCC(c2ccn(-c3ccc(F)cc3)n2)CC1. The lowest BCUT2D eigenvalue weighted by molar-refractivity contribution is -0.214. The smallest absolute Gasteiger partial charge is 0.427 e.